The summed E-state index contributed by atoms with van der Waals surface area (Å²) in [6, 6.07) is 0. The molecular weight excluding hydrogens is 216 g/mol. The molecule has 0 aliphatic carbocycles. The highest BCUT2D eigenvalue weighted by Crippen LogP contribution is 2.08. The van der Waals surface area contributed by atoms with Crippen LogP contribution >= 0.6 is 0 Å². The maximum atomic E-state index is 11.2. The zero-order chi connectivity index (χ0) is 12.8. The molecule has 0 spiro atoms. The molecule has 0 atom stereocenters. The number of carbonyl (C=O) groups excluding carboxylic acids is 1. The van der Waals surface area contributed by atoms with Gasteiger partial charge in [0, 0.05) is 5.57 Å². The van der Waals surface area contributed by atoms with Crippen molar-refractivity contribution in [2.24, 2.45) is 5.92 Å². The zero-order valence-electron chi connectivity index (χ0n) is 11.2. The maximum absolute atomic E-state index is 11.2. The zero-order valence-corrected chi connectivity index (χ0v) is 12.2. The summed E-state index contributed by atoms with van der Waals surface area (Å²) in [6.07, 6.45) is 2.32. The number of allylic oxidation sites excluding steroid dienone is 1. The monoisotopic (exact) mass is 238 g/mol. The van der Waals surface area contributed by atoms with E-state index in [1.165, 1.54) is 7.11 Å². The van der Waals surface area contributed by atoms with E-state index in [0.717, 1.165) is 5.57 Å². The van der Waals surface area contributed by atoms with Crippen LogP contribution in [0.5, 0.6) is 0 Å². The fraction of sp³-hybridized carbons (Fsp3) is 0.615. The first-order chi connectivity index (χ1) is 7.24. The molecule has 90 valence electrons. The van der Waals surface area contributed by atoms with Crippen molar-refractivity contribution in [3.8, 4) is 11.5 Å². The van der Waals surface area contributed by atoms with Gasteiger partial charge in [-0.1, -0.05) is 45.5 Å². The lowest BCUT2D eigenvalue weighted by atomic mass is 10.1. The second-order valence-electron chi connectivity index (χ2n) is 5.19. The number of methoxy groups -OCH3 is 1. The van der Waals surface area contributed by atoms with Gasteiger partial charge in [0.25, 0.3) is 0 Å². The van der Waals surface area contributed by atoms with E-state index in [-0.39, 0.29) is 12.4 Å². The Hall–Kier alpha value is -1.01. The molecule has 0 aromatic rings. The van der Waals surface area contributed by atoms with Gasteiger partial charge in [-0.3, -0.25) is 4.79 Å². The van der Waals surface area contributed by atoms with Crippen LogP contribution in [0, 0.1) is 17.4 Å². The van der Waals surface area contributed by atoms with Crippen molar-refractivity contribution in [3.63, 3.8) is 0 Å². The van der Waals surface area contributed by atoms with Gasteiger partial charge in [-0.2, -0.15) is 0 Å². The van der Waals surface area contributed by atoms with Crippen molar-refractivity contribution in [2.45, 2.75) is 39.9 Å². The summed E-state index contributed by atoms with van der Waals surface area (Å²) in [4.78, 5) is 11.2. The minimum atomic E-state index is -1.39. The average molecular weight is 238 g/mol. The molecule has 16 heavy (non-hydrogen) atoms. The Morgan fingerprint density at radius 3 is 2.31 bits per heavy atom. The van der Waals surface area contributed by atoms with Crippen LogP contribution in [0.15, 0.2) is 11.6 Å². The van der Waals surface area contributed by atoms with Gasteiger partial charge < -0.3 is 4.74 Å². The van der Waals surface area contributed by atoms with Gasteiger partial charge in [-0.25, -0.2) is 0 Å². The van der Waals surface area contributed by atoms with Crippen molar-refractivity contribution < 1.29 is 9.53 Å². The SMILES string of the molecule is COC(=O)C/C(C#C[Si](C)(C)C)=C/C(C)C. The summed E-state index contributed by atoms with van der Waals surface area (Å²) < 4.78 is 4.66. The second-order valence-corrected chi connectivity index (χ2v) is 9.94. The third-order valence-corrected chi connectivity index (χ3v) is 2.57. The number of hydrogen-bond acceptors (Lipinski definition) is 2. The average Bonchev–Trinajstić information content (AvgIpc) is 2.12. The van der Waals surface area contributed by atoms with Crippen LogP contribution in [0.25, 0.3) is 0 Å². The van der Waals surface area contributed by atoms with E-state index in [2.05, 4.69) is 49.7 Å². The van der Waals surface area contributed by atoms with E-state index in [4.69, 9.17) is 0 Å². The molecule has 0 unspecified atom stereocenters. The minimum absolute atomic E-state index is 0.225. The molecule has 0 fully saturated rings. The van der Waals surface area contributed by atoms with Crippen LogP contribution in [0.2, 0.25) is 19.6 Å². The minimum Gasteiger partial charge on any atom is -0.469 e. The highest BCUT2D eigenvalue weighted by atomic mass is 28.3. The summed E-state index contributed by atoms with van der Waals surface area (Å²) in [5.74, 6) is 3.30. The van der Waals surface area contributed by atoms with E-state index in [1.807, 2.05) is 6.08 Å². The van der Waals surface area contributed by atoms with Crippen LogP contribution in [-0.4, -0.2) is 21.2 Å². The third-order valence-electron chi connectivity index (χ3n) is 1.70. The van der Waals surface area contributed by atoms with E-state index < -0.39 is 8.07 Å². The van der Waals surface area contributed by atoms with E-state index >= 15 is 0 Å². The van der Waals surface area contributed by atoms with Gasteiger partial charge >= 0.3 is 5.97 Å². The van der Waals surface area contributed by atoms with Crippen molar-refractivity contribution >= 4 is 14.0 Å². The first kappa shape index (κ1) is 15.0. The number of hydrogen-bond donors (Lipinski definition) is 0. The molecule has 0 aromatic carbocycles. The fourth-order valence-electron chi connectivity index (χ4n) is 1.04. The van der Waals surface area contributed by atoms with E-state index in [9.17, 15) is 4.79 Å². The number of rotatable bonds is 3. The lowest BCUT2D eigenvalue weighted by Gasteiger charge is -2.05. The Bertz CT molecular complexity index is 324. The molecular formula is C13H22O2Si. The highest BCUT2D eigenvalue weighted by molar-refractivity contribution is 6.83. The van der Waals surface area contributed by atoms with Crippen LogP contribution in [0.1, 0.15) is 20.3 Å². The summed E-state index contributed by atoms with van der Waals surface area (Å²) >= 11 is 0. The molecule has 0 amide bonds. The number of carbonyl (C=O) groups is 1. The van der Waals surface area contributed by atoms with Gasteiger partial charge in [-0.15, -0.1) is 5.54 Å². The Labute approximate surface area is 100 Å². The fourth-order valence-corrected chi connectivity index (χ4v) is 1.58. The topological polar surface area (TPSA) is 26.3 Å². The molecule has 0 radical (unpaired) electrons. The van der Waals surface area contributed by atoms with Gasteiger partial charge in [0.2, 0.25) is 0 Å². The van der Waals surface area contributed by atoms with Gasteiger partial charge in [0.05, 0.1) is 13.5 Å². The third kappa shape index (κ3) is 8.31. The molecule has 0 N–H and O–H groups in total. The maximum Gasteiger partial charge on any atom is 0.310 e. The van der Waals surface area contributed by atoms with Crippen molar-refractivity contribution in [3.05, 3.63) is 11.6 Å². The first-order valence-electron chi connectivity index (χ1n) is 5.55. The Morgan fingerprint density at radius 2 is 1.94 bits per heavy atom. The molecule has 0 saturated heterocycles. The lowest BCUT2D eigenvalue weighted by molar-refractivity contribution is -0.139. The van der Waals surface area contributed by atoms with Crippen LogP contribution in [0.3, 0.4) is 0 Å². The second kappa shape index (κ2) is 6.54. The highest BCUT2D eigenvalue weighted by Gasteiger charge is 2.09. The molecule has 0 aliphatic heterocycles. The first-order valence-corrected chi connectivity index (χ1v) is 9.05. The Kier molecular flexibility index (Phi) is 6.13. The standard InChI is InChI=1S/C13H22O2Si/c1-11(2)9-12(10-13(14)15-3)7-8-16(4,5)6/h9,11H,10H2,1-6H3/b12-9+. The number of ether oxygens (including phenoxy) is 1. The Morgan fingerprint density at radius 1 is 1.38 bits per heavy atom. The molecule has 0 rings (SSSR count). The van der Waals surface area contributed by atoms with Crippen molar-refractivity contribution in [1.82, 2.24) is 0 Å². The van der Waals surface area contributed by atoms with Gasteiger partial charge in [-0.05, 0) is 5.92 Å². The van der Waals surface area contributed by atoms with Crippen LogP contribution in [-0.2, 0) is 9.53 Å². The lowest BCUT2D eigenvalue weighted by Crippen LogP contribution is -2.16. The van der Waals surface area contributed by atoms with E-state index in [0.29, 0.717) is 5.92 Å². The smallest absolute Gasteiger partial charge is 0.310 e. The Balaban J connectivity index is 4.82. The molecule has 0 heterocycles. The summed E-state index contributed by atoms with van der Waals surface area (Å²) in [7, 11) is 0.0177. The normalized spacial score (nSPS) is 12.1. The summed E-state index contributed by atoms with van der Waals surface area (Å²) in [5, 5.41) is 0. The van der Waals surface area contributed by atoms with Crippen molar-refractivity contribution in [2.75, 3.05) is 7.11 Å². The molecule has 0 saturated carbocycles. The van der Waals surface area contributed by atoms with Gasteiger partial charge in [0.15, 0.2) is 0 Å². The van der Waals surface area contributed by atoms with Crippen LogP contribution in [0.4, 0.5) is 0 Å². The van der Waals surface area contributed by atoms with Crippen molar-refractivity contribution in [1.29, 1.82) is 0 Å². The molecule has 0 aromatic heterocycles. The molecule has 2 nitrogen and oxygen atoms in total. The quantitative estimate of drug-likeness (QED) is 0.429. The predicted octanol–water partition coefficient (Wildman–Crippen LogP) is 3.01. The molecule has 3 heteroatoms. The number of esters is 1. The van der Waals surface area contributed by atoms with Gasteiger partial charge in [0.1, 0.15) is 8.07 Å². The predicted molar refractivity (Wildman–Crippen MR) is 70.7 cm³/mol. The molecule has 0 bridgehead atoms. The molecule has 0 aliphatic rings. The van der Waals surface area contributed by atoms with E-state index in [1.54, 1.807) is 0 Å². The summed E-state index contributed by atoms with van der Waals surface area (Å²) in [6.45, 7) is 10.7. The largest absolute Gasteiger partial charge is 0.469 e. The van der Waals surface area contributed by atoms with Crippen LogP contribution < -0.4 is 0 Å². The summed E-state index contributed by atoms with van der Waals surface area (Å²) in [5.41, 5.74) is 4.15.